The van der Waals surface area contributed by atoms with Crippen LogP contribution >= 0.6 is 15.9 Å². The Morgan fingerprint density at radius 1 is 1.29 bits per heavy atom. The van der Waals surface area contributed by atoms with Crippen LogP contribution in [0.5, 0.6) is 5.75 Å². The van der Waals surface area contributed by atoms with Gasteiger partial charge in [-0.1, -0.05) is 28.1 Å². The van der Waals surface area contributed by atoms with Gasteiger partial charge in [0, 0.05) is 11.8 Å². The van der Waals surface area contributed by atoms with Crippen molar-refractivity contribution in [1.82, 2.24) is 0 Å². The molecule has 0 radical (unpaired) electrons. The van der Waals surface area contributed by atoms with E-state index in [-0.39, 0.29) is 5.91 Å². The predicted molar refractivity (Wildman–Crippen MR) is 71.9 cm³/mol. The maximum absolute atomic E-state index is 11.4. The number of halogens is 1. The normalized spacial score (nSPS) is 14.1. The molecule has 0 aromatic heterocycles. The largest absolute Gasteiger partial charge is 0.491 e. The summed E-state index contributed by atoms with van der Waals surface area (Å²) >= 11 is 3.39. The number of hydrogen-bond acceptors (Lipinski definition) is 2. The molecule has 1 aliphatic heterocycles. The average Bonchev–Trinajstić information content (AvgIpc) is 2.35. The van der Waals surface area contributed by atoms with Crippen molar-refractivity contribution < 1.29 is 9.53 Å². The number of nitrogens with one attached hydrogen (secondary N) is 1. The van der Waals surface area contributed by atoms with Crippen LogP contribution in [0.15, 0.2) is 18.2 Å². The van der Waals surface area contributed by atoms with Gasteiger partial charge in [-0.25, -0.2) is 0 Å². The highest BCUT2D eigenvalue weighted by molar-refractivity contribution is 9.09. The number of ether oxygens (including phenoxy) is 1. The molecule has 0 aliphatic carbocycles. The standard InChI is InChI=1S/C13H16BrNO2/c14-8-1-2-9-17-11-5-3-4-10-6-7-12(16)15-13(10)11/h3-5H,1-2,6-9H2,(H,15,16). The van der Waals surface area contributed by atoms with Crippen LogP contribution in [0.1, 0.15) is 24.8 Å². The molecule has 1 aromatic rings. The maximum Gasteiger partial charge on any atom is 0.224 e. The second-order valence-corrected chi connectivity index (χ2v) is 4.88. The number of benzene rings is 1. The molecule has 0 saturated carbocycles. The zero-order chi connectivity index (χ0) is 12.1. The van der Waals surface area contributed by atoms with Crippen LogP contribution in [-0.2, 0) is 11.2 Å². The highest BCUT2D eigenvalue weighted by atomic mass is 79.9. The lowest BCUT2D eigenvalue weighted by molar-refractivity contribution is -0.116. The van der Waals surface area contributed by atoms with E-state index in [0.717, 1.165) is 36.0 Å². The molecule has 1 aromatic carbocycles. The first kappa shape index (κ1) is 12.4. The van der Waals surface area contributed by atoms with Crippen LogP contribution in [-0.4, -0.2) is 17.8 Å². The van der Waals surface area contributed by atoms with E-state index in [1.54, 1.807) is 0 Å². The summed E-state index contributed by atoms with van der Waals surface area (Å²) in [5.74, 6) is 0.874. The smallest absolute Gasteiger partial charge is 0.224 e. The van der Waals surface area contributed by atoms with Gasteiger partial charge in [-0.05, 0) is 30.9 Å². The third-order valence-electron chi connectivity index (χ3n) is 2.78. The average molecular weight is 298 g/mol. The summed E-state index contributed by atoms with van der Waals surface area (Å²) in [7, 11) is 0. The van der Waals surface area contributed by atoms with Gasteiger partial charge in [-0.3, -0.25) is 4.79 Å². The Kier molecular flexibility index (Phi) is 4.42. The maximum atomic E-state index is 11.4. The van der Waals surface area contributed by atoms with E-state index < -0.39 is 0 Å². The Morgan fingerprint density at radius 2 is 2.18 bits per heavy atom. The Labute approximate surface area is 110 Å². The molecule has 92 valence electrons. The van der Waals surface area contributed by atoms with Crippen molar-refractivity contribution >= 4 is 27.5 Å². The number of rotatable bonds is 5. The third kappa shape index (κ3) is 3.22. The summed E-state index contributed by atoms with van der Waals surface area (Å²) in [5.41, 5.74) is 2.03. The molecule has 1 N–H and O–H groups in total. The zero-order valence-corrected chi connectivity index (χ0v) is 11.3. The summed E-state index contributed by atoms with van der Waals surface area (Å²) in [6, 6.07) is 5.94. The van der Waals surface area contributed by atoms with E-state index in [1.807, 2.05) is 18.2 Å². The molecule has 0 fully saturated rings. The monoisotopic (exact) mass is 297 g/mol. The van der Waals surface area contributed by atoms with E-state index in [1.165, 1.54) is 5.56 Å². The highest BCUT2D eigenvalue weighted by Crippen LogP contribution is 2.32. The third-order valence-corrected chi connectivity index (χ3v) is 3.34. The molecule has 0 atom stereocenters. The van der Waals surface area contributed by atoms with Crippen LogP contribution in [0.3, 0.4) is 0 Å². The van der Waals surface area contributed by atoms with Gasteiger partial charge in [0.15, 0.2) is 0 Å². The summed E-state index contributed by atoms with van der Waals surface area (Å²) in [6.45, 7) is 0.692. The minimum atomic E-state index is 0.0778. The molecule has 0 spiro atoms. The van der Waals surface area contributed by atoms with Gasteiger partial charge in [0.1, 0.15) is 5.75 Å². The first-order valence-corrected chi connectivity index (χ1v) is 7.04. The molecule has 0 unspecified atom stereocenters. The minimum Gasteiger partial charge on any atom is -0.491 e. The molecule has 0 bridgehead atoms. The Bertz CT molecular complexity index is 406. The Hall–Kier alpha value is -1.03. The number of unbranched alkanes of at least 4 members (excludes halogenated alkanes) is 1. The van der Waals surface area contributed by atoms with Crippen LogP contribution in [0.2, 0.25) is 0 Å². The van der Waals surface area contributed by atoms with E-state index in [0.29, 0.717) is 13.0 Å². The zero-order valence-electron chi connectivity index (χ0n) is 9.67. The lowest BCUT2D eigenvalue weighted by atomic mass is 10.0. The van der Waals surface area contributed by atoms with Crippen molar-refractivity contribution in [3.63, 3.8) is 0 Å². The molecular weight excluding hydrogens is 282 g/mol. The summed E-state index contributed by atoms with van der Waals surface area (Å²) in [6.07, 6.45) is 3.49. The van der Waals surface area contributed by atoms with Crippen LogP contribution < -0.4 is 10.1 Å². The number of hydrogen-bond donors (Lipinski definition) is 1. The lowest BCUT2D eigenvalue weighted by Crippen LogP contribution is -2.19. The highest BCUT2D eigenvalue weighted by Gasteiger charge is 2.18. The van der Waals surface area contributed by atoms with Crippen molar-refractivity contribution in [3.05, 3.63) is 23.8 Å². The second kappa shape index (κ2) is 6.05. The van der Waals surface area contributed by atoms with Crippen molar-refractivity contribution in [1.29, 1.82) is 0 Å². The number of amides is 1. The quantitative estimate of drug-likeness (QED) is 0.670. The molecule has 1 heterocycles. The van der Waals surface area contributed by atoms with Gasteiger partial charge in [0.05, 0.1) is 12.3 Å². The van der Waals surface area contributed by atoms with Gasteiger partial charge in [0.2, 0.25) is 5.91 Å². The van der Waals surface area contributed by atoms with Crippen molar-refractivity contribution in [2.75, 3.05) is 17.3 Å². The van der Waals surface area contributed by atoms with Gasteiger partial charge < -0.3 is 10.1 Å². The summed E-state index contributed by atoms with van der Waals surface area (Å²) < 4.78 is 5.72. The SMILES string of the molecule is O=C1CCc2cccc(OCCCCBr)c2N1. The summed E-state index contributed by atoms with van der Waals surface area (Å²) in [5, 5.41) is 3.90. The number of carbonyl (C=O) groups is 1. The number of alkyl halides is 1. The fourth-order valence-electron chi connectivity index (χ4n) is 1.88. The van der Waals surface area contributed by atoms with Gasteiger partial charge in [-0.2, -0.15) is 0 Å². The van der Waals surface area contributed by atoms with E-state index >= 15 is 0 Å². The van der Waals surface area contributed by atoms with E-state index in [2.05, 4.69) is 21.2 Å². The lowest BCUT2D eigenvalue weighted by Gasteiger charge is -2.20. The van der Waals surface area contributed by atoms with Crippen LogP contribution in [0.4, 0.5) is 5.69 Å². The first-order chi connectivity index (χ1) is 8.31. The molecule has 0 saturated heterocycles. The second-order valence-electron chi connectivity index (χ2n) is 4.08. The van der Waals surface area contributed by atoms with Crippen LogP contribution in [0.25, 0.3) is 0 Å². The molecular formula is C13H16BrNO2. The van der Waals surface area contributed by atoms with Crippen molar-refractivity contribution in [3.8, 4) is 5.75 Å². The summed E-state index contributed by atoms with van der Waals surface area (Å²) in [4.78, 5) is 11.4. The molecule has 4 heteroatoms. The predicted octanol–water partition coefficient (Wildman–Crippen LogP) is 3.13. The van der Waals surface area contributed by atoms with E-state index in [9.17, 15) is 4.79 Å². The number of aryl methyl sites for hydroxylation is 1. The van der Waals surface area contributed by atoms with E-state index in [4.69, 9.17) is 4.74 Å². The fraction of sp³-hybridized carbons (Fsp3) is 0.462. The topological polar surface area (TPSA) is 38.3 Å². The molecule has 1 amide bonds. The Balaban J connectivity index is 2.04. The van der Waals surface area contributed by atoms with Gasteiger partial charge in [-0.15, -0.1) is 0 Å². The molecule has 3 nitrogen and oxygen atoms in total. The number of carbonyl (C=O) groups excluding carboxylic acids is 1. The molecule has 1 aliphatic rings. The number of fused-ring (bicyclic) bond motifs is 1. The first-order valence-electron chi connectivity index (χ1n) is 5.92. The van der Waals surface area contributed by atoms with Crippen molar-refractivity contribution in [2.24, 2.45) is 0 Å². The van der Waals surface area contributed by atoms with Gasteiger partial charge >= 0.3 is 0 Å². The van der Waals surface area contributed by atoms with Crippen molar-refractivity contribution in [2.45, 2.75) is 25.7 Å². The fourth-order valence-corrected chi connectivity index (χ4v) is 2.27. The van der Waals surface area contributed by atoms with Gasteiger partial charge in [0.25, 0.3) is 0 Å². The minimum absolute atomic E-state index is 0.0778. The van der Waals surface area contributed by atoms with Crippen LogP contribution in [0, 0.1) is 0 Å². The molecule has 2 rings (SSSR count). The number of anilines is 1. The Morgan fingerprint density at radius 3 is 3.00 bits per heavy atom. The number of para-hydroxylation sites is 1. The molecule has 17 heavy (non-hydrogen) atoms.